The van der Waals surface area contributed by atoms with Crippen LogP contribution in [0.5, 0.6) is 0 Å². The van der Waals surface area contributed by atoms with Crippen molar-refractivity contribution in [3.05, 3.63) is 35.1 Å². The highest BCUT2D eigenvalue weighted by molar-refractivity contribution is 5.79. The number of hydrogen-bond donors (Lipinski definition) is 1. The highest BCUT2D eigenvalue weighted by Gasteiger charge is 1.99. The molecule has 0 saturated heterocycles. The molecule has 0 atom stereocenters. The molecule has 0 fully saturated rings. The summed E-state index contributed by atoms with van der Waals surface area (Å²) >= 11 is 0. The van der Waals surface area contributed by atoms with Gasteiger partial charge < -0.3 is 5.73 Å². The standard InChI is InChI=1S/C10H8FNO/c11-10-4-3-8(2-1-5-12)9(6-10)7-13/h3-4,6-7H,5,12H2. The van der Waals surface area contributed by atoms with Crippen LogP contribution in [-0.4, -0.2) is 12.8 Å². The molecule has 0 unspecified atom stereocenters. The summed E-state index contributed by atoms with van der Waals surface area (Å²) in [6, 6.07) is 3.86. The molecule has 0 aliphatic rings. The third kappa shape index (κ3) is 2.39. The second-order valence-corrected chi connectivity index (χ2v) is 2.36. The first-order valence-electron chi connectivity index (χ1n) is 3.71. The van der Waals surface area contributed by atoms with Crippen molar-refractivity contribution < 1.29 is 9.18 Å². The van der Waals surface area contributed by atoms with Gasteiger partial charge in [0.15, 0.2) is 6.29 Å². The number of rotatable bonds is 1. The zero-order chi connectivity index (χ0) is 9.68. The molecule has 2 nitrogen and oxygen atoms in total. The number of nitrogens with two attached hydrogens (primary N) is 1. The van der Waals surface area contributed by atoms with Gasteiger partial charge in [0.1, 0.15) is 5.82 Å². The molecule has 3 heteroatoms. The van der Waals surface area contributed by atoms with Crippen LogP contribution in [0.1, 0.15) is 15.9 Å². The Morgan fingerprint density at radius 3 is 2.92 bits per heavy atom. The average Bonchev–Trinajstić information content (AvgIpc) is 2.16. The van der Waals surface area contributed by atoms with Crippen LogP contribution in [-0.2, 0) is 0 Å². The van der Waals surface area contributed by atoms with E-state index in [0.717, 1.165) is 6.07 Å². The molecule has 0 bridgehead atoms. The van der Waals surface area contributed by atoms with Gasteiger partial charge in [0.25, 0.3) is 0 Å². The third-order valence-corrected chi connectivity index (χ3v) is 1.47. The van der Waals surface area contributed by atoms with Crippen LogP contribution >= 0.6 is 0 Å². The zero-order valence-corrected chi connectivity index (χ0v) is 6.88. The molecule has 0 aromatic heterocycles. The predicted molar refractivity (Wildman–Crippen MR) is 47.7 cm³/mol. The Morgan fingerprint density at radius 2 is 2.31 bits per heavy atom. The summed E-state index contributed by atoms with van der Waals surface area (Å²) in [4.78, 5) is 10.5. The van der Waals surface area contributed by atoms with E-state index < -0.39 is 5.82 Å². The van der Waals surface area contributed by atoms with Crippen LogP contribution < -0.4 is 5.73 Å². The lowest BCUT2D eigenvalue weighted by Crippen LogP contribution is -1.94. The van der Waals surface area contributed by atoms with E-state index in [1.165, 1.54) is 12.1 Å². The first-order chi connectivity index (χ1) is 6.27. The molecule has 13 heavy (non-hydrogen) atoms. The van der Waals surface area contributed by atoms with Crippen molar-refractivity contribution in [3.63, 3.8) is 0 Å². The zero-order valence-electron chi connectivity index (χ0n) is 6.88. The van der Waals surface area contributed by atoms with Crippen LogP contribution in [0.4, 0.5) is 4.39 Å². The van der Waals surface area contributed by atoms with E-state index in [2.05, 4.69) is 11.8 Å². The van der Waals surface area contributed by atoms with Crippen LogP contribution in [0.3, 0.4) is 0 Å². The van der Waals surface area contributed by atoms with E-state index in [9.17, 15) is 9.18 Å². The van der Waals surface area contributed by atoms with Gasteiger partial charge in [-0.25, -0.2) is 4.39 Å². The maximum Gasteiger partial charge on any atom is 0.151 e. The molecule has 2 N–H and O–H groups in total. The van der Waals surface area contributed by atoms with Gasteiger partial charge in [0.05, 0.1) is 6.54 Å². The van der Waals surface area contributed by atoms with Crippen LogP contribution in [0.25, 0.3) is 0 Å². The molecule has 66 valence electrons. The summed E-state index contributed by atoms with van der Waals surface area (Å²) in [5, 5.41) is 0. The second kappa shape index (κ2) is 4.39. The van der Waals surface area contributed by atoms with Gasteiger partial charge in [0, 0.05) is 11.1 Å². The van der Waals surface area contributed by atoms with Gasteiger partial charge >= 0.3 is 0 Å². The van der Waals surface area contributed by atoms with Crippen molar-refractivity contribution >= 4 is 6.29 Å². The molecule has 1 rings (SSSR count). The minimum atomic E-state index is -0.444. The molecule has 1 aromatic carbocycles. The lowest BCUT2D eigenvalue weighted by atomic mass is 10.1. The first-order valence-corrected chi connectivity index (χ1v) is 3.71. The molecule has 1 aromatic rings. The van der Waals surface area contributed by atoms with Gasteiger partial charge in [-0.3, -0.25) is 4.79 Å². The first kappa shape index (κ1) is 9.43. The number of halogens is 1. The monoisotopic (exact) mass is 177 g/mol. The summed E-state index contributed by atoms with van der Waals surface area (Å²) < 4.78 is 12.6. The normalized spacial score (nSPS) is 8.77. The second-order valence-electron chi connectivity index (χ2n) is 2.36. The minimum absolute atomic E-state index is 0.218. The van der Waals surface area contributed by atoms with Gasteiger partial charge in [-0.15, -0.1) is 0 Å². The Kier molecular flexibility index (Phi) is 3.18. The molecule has 0 radical (unpaired) electrons. The van der Waals surface area contributed by atoms with Crippen LogP contribution in [0.15, 0.2) is 18.2 Å². The molecule has 0 amide bonds. The summed E-state index contributed by atoms with van der Waals surface area (Å²) in [7, 11) is 0. The van der Waals surface area contributed by atoms with Crippen molar-refractivity contribution in [2.24, 2.45) is 5.73 Å². The number of benzene rings is 1. The van der Waals surface area contributed by atoms with Crippen molar-refractivity contribution in [1.29, 1.82) is 0 Å². The highest BCUT2D eigenvalue weighted by Crippen LogP contribution is 2.07. The molecule has 0 aliphatic carbocycles. The van der Waals surface area contributed by atoms with E-state index in [4.69, 9.17) is 5.73 Å². The fourth-order valence-corrected chi connectivity index (χ4v) is 0.891. The Balaban J connectivity index is 3.13. The molecule has 0 aliphatic heterocycles. The van der Waals surface area contributed by atoms with Crippen molar-refractivity contribution in [3.8, 4) is 11.8 Å². The molecular weight excluding hydrogens is 169 g/mol. The lowest BCUT2D eigenvalue weighted by molar-refractivity contribution is 0.112. The van der Waals surface area contributed by atoms with Gasteiger partial charge in [-0.05, 0) is 18.2 Å². The third-order valence-electron chi connectivity index (χ3n) is 1.47. The topological polar surface area (TPSA) is 43.1 Å². The summed E-state index contributed by atoms with van der Waals surface area (Å²) in [6.07, 6.45) is 0.573. The van der Waals surface area contributed by atoms with E-state index in [1.54, 1.807) is 0 Å². The minimum Gasteiger partial charge on any atom is -0.320 e. The number of carbonyl (C=O) groups is 1. The number of aldehydes is 1. The molecule has 0 spiro atoms. The Morgan fingerprint density at radius 1 is 1.54 bits per heavy atom. The average molecular weight is 177 g/mol. The maximum absolute atomic E-state index is 12.6. The smallest absolute Gasteiger partial charge is 0.151 e. The van der Waals surface area contributed by atoms with E-state index in [0.29, 0.717) is 11.8 Å². The Bertz CT molecular complexity index is 376. The fourth-order valence-electron chi connectivity index (χ4n) is 0.891. The van der Waals surface area contributed by atoms with Crippen molar-refractivity contribution in [2.45, 2.75) is 0 Å². The van der Waals surface area contributed by atoms with Crippen molar-refractivity contribution in [2.75, 3.05) is 6.54 Å². The summed E-state index contributed by atoms with van der Waals surface area (Å²) in [6.45, 7) is 0.218. The molecule has 0 heterocycles. The summed E-state index contributed by atoms with van der Waals surface area (Å²) in [5.41, 5.74) is 5.91. The van der Waals surface area contributed by atoms with E-state index >= 15 is 0 Å². The Labute approximate surface area is 75.6 Å². The highest BCUT2D eigenvalue weighted by atomic mass is 19.1. The van der Waals surface area contributed by atoms with Gasteiger partial charge in [0.2, 0.25) is 0 Å². The fraction of sp³-hybridized carbons (Fsp3) is 0.100. The molecular formula is C10H8FNO. The van der Waals surface area contributed by atoms with E-state index in [1.807, 2.05) is 0 Å². The van der Waals surface area contributed by atoms with Crippen LogP contribution in [0, 0.1) is 17.7 Å². The SMILES string of the molecule is NCC#Cc1ccc(F)cc1C=O. The van der Waals surface area contributed by atoms with Crippen LogP contribution in [0.2, 0.25) is 0 Å². The largest absolute Gasteiger partial charge is 0.320 e. The molecule has 0 saturated carbocycles. The van der Waals surface area contributed by atoms with Crippen molar-refractivity contribution in [1.82, 2.24) is 0 Å². The quantitative estimate of drug-likeness (QED) is 0.512. The number of hydrogen-bond acceptors (Lipinski definition) is 2. The number of carbonyl (C=O) groups excluding carboxylic acids is 1. The van der Waals surface area contributed by atoms with Gasteiger partial charge in [-0.2, -0.15) is 0 Å². The van der Waals surface area contributed by atoms with Gasteiger partial charge in [-0.1, -0.05) is 11.8 Å². The van der Waals surface area contributed by atoms with E-state index in [-0.39, 0.29) is 12.1 Å². The lowest BCUT2D eigenvalue weighted by Gasteiger charge is -1.95. The summed E-state index contributed by atoms with van der Waals surface area (Å²) in [5.74, 6) is 4.83. The maximum atomic E-state index is 12.6. The predicted octanol–water partition coefficient (Wildman–Crippen LogP) is 0.948. The Hall–Kier alpha value is -1.66.